The molecule has 0 unspecified atom stereocenters. The summed E-state index contributed by atoms with van der Waals surface area (Å²) in [4.78, 5) is 32.2. The summed E-state index contributed by atoms with van der Waals surface area (Å²) in [6.45, 7) is 4.64. The van der Waals surface area contributed by atoms with Crippen molar-refractivity contribution in [3.8, 4) is 28.1 Å². The normalized spacial score (nSPS) is 30.0. The maximum absolute atomic E-state index is 13.6. The van der Waals surface area contributed by atoms with Gasteiger partial charge in [0, 0.05) is 5.56 Å². The summed E-state index contributed by atoms with van der Waals surface area (Å²) in [5, 5.41) is 10.0. The number of nitrogens with zero attached hydrogens (tertiary/aromatic N) is 2. The molecule has 0 aliphatic heterocycles. The molecule has 0 saturated heterocycles. The van der Waals surface area contributed by atoms with Crippen LogP contribution in [-0.2, 0) is 9.59 Å². The molecule has 4 aliphatic rings. The third kappa shape index (κ3) is 8.38. The molecule has 51 heavy (non-hydrogen) atoms. The van der Waals surface area contributed by atoms with E-state index in [-0.39, 0.29) is 23.8 Å². The molecule has 4 aliphatic carbocycles. The van der Waals surface area contributed by atoms with Crippen molar-refractivity contribution in [2.75, 3.05) is 0 Å². The second-order valence-electron chi connectivity index (χ2n) is 16.4. The summed E-state index contributed by atoms with van der Waals surface area (Å²) in [7, 11) is 0. The Balaban J connectivity index is 1.03. The zero-order valence-corrected chi connectivity index (χ0v) is 31.6. The van der Waals surface area contributed by atoms with E-state index in [2.05, 4.69) is 19.9 Å². The predicted molar refractivity (Wildman–Crippen MR) is 203 cm³/mol. The van der Waals surface area contributed by atoms with Crippen LogP contribution < -0.4 is 9.47 Å². The summed E-state index contributed by atoms with van der Waals surface area (Å²) in [5.74, 6) is 5.27. The highest BCUT2D eigenvalue weighted by Crippen LogP contribution is 2.46. The first-order valence-electron chi connectivity index (χ1n) is 20.3. The molecule has 0 radical (unpaired) electrons. The molecule has 272 valence electrons. The largest absolute Gasteiger partial charge is 0.425 e. The highest BCUT2D eigenvalue weighted by atomic mass is 32.1. The van der Waals surface area contributed by atoms with Crippen LogP contribution >= 0.6 is 11.3 Å². The molecule has 1 heterocycles. The number of esters is 2. The van der Waals surface area contributed by atoms with Crippen LogP contribution in [0.25, 0.3) is 20.8 Å². The van der Waals surface area contributed by atoms with Gasteiger partial charge in [-0.05, 0) is 137 Å². The fraction of sp³-hybridized carbons (Fsp3) is 0.636. The number of hydrogen-bond acceptors (Lipinski definition) is 7. The molecule has 6 nitrogen and oxygen atoms in total. The molecule has 0 atom stereocenters. The zero-order chi connectivity index (χ0) is 35.3. The molecular weight excluding hydrogens is 653 g/mol. The number of ether oxygens (including phenoxy) is 2. The van der Waals surface area contributed by atoms with E-state index in [1.807, 2.05) is 12.1 Å². The first kappa shape index (κ1) is 36.1. The van der Waals surface area contributed by atoms with E-state index in [1.165, 1.54) is 75.5 Å². The number of carbonyl (C=O) groups is 2. The fourth-order valence-corrected chi connectivity index (χ4v) is 11.1. The van der Waals surface area contributed by atoms with E-state index in [9.17, 15) is 14.9 Å². The quantitative estimate of drug-likeness (QED) is 0.162. The van der Waals surface area contributed by atoms with Crippen molar-refractivity contribution in [2.45, 2.75) is 129 Å². The summed E-state index contributed by atoms with van der Waals surface area (Å²) in [6, 6.07) is 13.0. The lowest BCUT2D eigenvalue weighted by molar-refractivity contribution is -0.141. The van der Waals surface area contributed by atoms with Crippen molar-refractivity contribution in [2.24, 2.45) is 47.3 Å². The van der Waals surface area contributed by atoms with Gasteiger partial charge < -0.3 is 9.47 Å². The van der Waals surface area contributed by atoms with Gasteiger partial charge in [-0.15, -0.1) is 11.3 Å². The Kier molecular flexibility index (Phi) is 11.8. The van der Waals surface area contributed by atoms with Crippen LogP contribution in [0.4, 0.5) is 0 Å². The van der Waals surface area contributed by atoms with Gasteiger partial charge in [0.25, 0.3) is 0 Å². The van der Waals surface area contributed by atoms with Gasteiger partial charge in [0.15, 0.2) is 11.5 Å². The molecule has 4 saturated carbocycles. The first-order valence-corrected chi connectivity index (χ1v) is 21.1. The van der Waals surface area contributed by atoms with Crippen molar-refractivity contribution in [1.29, 1.82) is 5.26 Å². The summed E-state index contributed by atoms with van der Waals surface area (Å²) >= 11 is 1.43. The van der Waals surface area contributed by atoms with Gasteiger partial charge >= 0.3 is 11.9 Å². The molecule has 1 aromatic heterocycles. The molecule has 7 rings (SSSR count). The number of hydrogen-bond donors (Lipinski definition) is 0. The van der Waals surface area contributed by atoms with Crippen LogP contribution in [0.1, 0.15) is 135 Å². The zero-order valence-electron chi connectivity index (χ0n) is 30.7. The van der Waals surface area contributed by atoms with Gasteiger partial charge in [0.05, 0.1) is 23.5 Å². The molecule has 2 aromatic carbocycles. The van der Waals surface area contributed by atoms with Gasteiger partial charge in [-0.1, -0.05) is 64.5 Å². The van der Waals surface area contributed by atoms with Crippen molar-refractivity contribution < 1.29 is 19.1 Å². The maximum atomic E-state index is 13.6. The Labute approximate surface area is 308 Å². The highest BCUT2D eigenvalue weighted by Gasteiger charge is 2.35. The Hall–Kier alpha value is -3.24. The van der Waals surface area contributed by atoms with Crippen LogP contribution in [0.15, 0.2) is 36.4 Å². The van der Waals surface area contributed by atoms with Gasteiger partial charge in [-0.25, -0.2) is 4.98 Å². The number of nitriles is 1. The Bertz CT molecular complexity index is 1580. The van der Waals surface area contributed by atoms with Crippen molar-refractivity contribution in [1.82, 2.24) is 4.98 Å². The van der Waals surface area contributed by atoms with Gasteiger partial charge in [0.1, 0.15) is 15.2 Å². The average molecular weight is 709 g/mol. The summed E-state index contributed by atoms with van der Waals surface area (Å²) in [5.41, 5.74) is 1.99. The number of benzene rings is 2. The van der Waals surface area contributed by atoms with E-state index in [0.29, 0.717) is 27.3 Å². The minimum atomic E-state index is -0.179. The minimum absolute atomic E-state index is 0.0940. The lowest BCUT2D eigenvalue weighted by atomic mass is 9.69. The summed E-state index contributed by atoms with van der Waals surface area (Å²) < 4.78 is 13.0. The first-order chi connectivity index (χ1) is 24.9. The van der Waals surface area contributed by atoms with E-state index in [4.69, 9.17) is 14.5 Å². The van der Waals surface area contributed by atoms with E-state index < -0.39 is 0 Å². The van der Waals surface area contributed by atoms with Crippen LogP contribution in [0, 0.1) is 58.7 Å². The lowest BCUT2D eigenvalue weighted by Gasteiger charge is -2.37. The number of thiazole rings is 1. The molecular formula is C44H56N2O4S. The van der Waals surface area contributed by atoms with Gasteiger partial charge in [-0.2, -0.15) is 5.26 Å². The second kappa shape index (κ2) is 16.6. The Morgan fingerprint density at radius 1 is 0.647 bits per heavy atom. The molecule has 3 aromatic rings. The van der Waals surface area contributed by atoms with Crippen molar-refractivity contribution in [3.05, 3.63) is 42.0 Å². The maximum Gasteiger partial charge on any atom is 0.314 e. The standard InChI is InChI=1S/C44H56N2O4S/c1-3-28-5-11-31(12-6-28)33-17-21-36(22-18-33)43(47)49-38-25-26-39(41-40(38)46-42(51-41)35-15-9-30(27-45)10-16-35)50-44(48)37-23-19-34(20-24-37)32-13-7-29(4-2)8-14-32/h9-10,15-16,25-26,28-29,31-34,36-37H,3-8,11-14,17-24H2,1-2H3. The van der Waals surface area contributed by atoms with Crippen LogP contribution in [0.2, 0.25) is 0 Å². The third-order valence-electron chi connectivity index (χ3n) is 13.6. The molecule has 0 bridgehead atoms. The lowest BCUT2D eigenvalue weighted by Crippen LogP contribution is -2.30. The molecule has 4 fully saturated rings. The minimum Gasteiger partial charge on any atom is -0.425 e. The molecule has 0 spiro atoms. The number of carbonyl (C=O) groups excluding carboxylic acids is 2. The van der Waals surface area contributed by atoms with Crippen LogP contribution in [0.3, 0.4) is 0 Å². The number of fused-ring (bicyclic) bond motifs is 1. The van der Waals surface area contributed by atoms with Crippen molar-refractivity contribution >= 4 is 33.5 Å². The smallest absolute Gasteiger partial charge is 0.314 e. The van der Waals surface area contributed by atoms with Crippen LogP contribution in [0.5, 0.6) is 11.5 Å². The monoisotopic (exact) mass is 708 g/mol. The van der Waals surface area contributed by atoms with E-state index >= 15 is 0 Å². The SMILES string of the molecule is CCC1CCC(C2CCC(C(=O)Oc3ccc(OC(=O)C4CCC(C5CCC(CC)CC5)CC4)c4sc(-c5ccc(C#N)cc5)nc34)CC2)CC1. The van der Waals surface area contributed by atoms with Gasteiger partial charge in [0.2, 0.25) is 0 Å². The fourth-order valence-electron chi connectivity index (χ4n) is 10.1. The number of rotatable bonds is 9. The highest BCUT2D eigenvalue weighted by molar-refractivity contribution is 7.22. The molecule has 0 N–H and O–H groups in total. The average Bonchev–Trinajstić information content (AvgIpc) is 3.65. The topological polar surface area (TPSA) is 89.3 Å². The Morgan fingerprint density at radius 3 is 1.53 bits per heavy atom. The van der Waals surface area contributed by atoms with Crippen LogP contribution in [-0.4, -0.2) is 16.9 Å². The summed E-state index contributed by atoms with van der Waals surface area (Å²) in [6.07, 6.45) is 21.4. The molecule has 7 heteroatoms. The molecule has 0 amide bonds. The second-order valence-corrected chi connectivity index (χ2v) is 17.4. The van der Waals surface area contributed by atoms with Gasteiger partial charge in [-0.3, -0.25) is 9.59 Å². The van der Waals surface area contributed by atoms with E-state index in [1.54, 1.807) is 24.3 Å². The predicted octanol–water partition coefficient (Wildman–Crippen LogP) is 11.7. The van der Waals surface area contributed by atoms with Crippen molar-refractivity contribution in [3.63, 3.8) is 0 Å². The number of aromatic nitrogens is 1. The Morgan fingerprint density at radius 2 is 1.08 bits per heavy atom. The van der Waals surface area contributed by atoms with E-state index in [0.717, 1.165) is 97.4 Å². The third-order valence-corrected chi connectivity index (χ3v) is 14.8.